The summed E-state index contributed by atoms with van der Waals surface area (Å²) in [4.78, 5) is 0. The highest BCUT2D eigenvalue weighted by Gasteiger charge is 2.17. The highest BCUT2D eigenvalue weighted by Crippen LogP contribution is 2.24. The van der Waals surface area contributed by atoms with Crippen molar-refractivity contribution in [2.45, 2.75) is 19.8 Å². The third-order valence-electron chi connectivity index (χ3n) is 1.77. The summed E-state index contributed by atoms with van der Waals surface area (Å²) in [5, 5.41) is 0. The van der Waals surface area contributed by atoms with E-state index < -0.39 is 0 Å². The van der Waals surface area contributed by atoms with Crippen molar-refractivity contribution < 1.29 is 0 Å². The average Bonchev–Trinajstić information content (AvgIpc) is 1.89. The minimum atomic E-state index is 0.184. The van der Waals surface area contributed by atoms with Gasteiger partial charge in [0, 0.05) is 0 Å². The van der Waals surface area contributed by atoms with Gasteiger partial charge in [0.05, 0.1) is 0 Å². The van der Waals surface area contributed by atoms with E-state index >= 15 is 0 Å². The van der Waals surface area contributed by atoms with Crippen LogP contribution in [-0.2, 0) is 0 Å². The lowest BCUT2D eigenvalue weighted by atomic mass is 9.84. The summed E-state index contributed by atoms with van der Waals surface area (Å²) in [7, 11) is 0. The fourth-order valence-electron chi connectivity index (χ4n) is 0.947. The first-order valence-electron chi connectivity index (χ1n) is 3.60. The number of hydrogen-bond donors (Lipinski definition) is 1. The predicted molar refractivity (Wildman–Crippen MR) is 46.8 cm³/mol. The van der Waals surface area contributed by atoms with E-state index in [1.807, 2.05) is 12.2 Å². The summed E-state index contributed by atoms with van der Waals surface area (Å²) < 4.78 is 0. The maximum Gasteiger partial charge on any atom is -0.00172 e. The van der Waals surface area contributed by atoms with E-state index in [0.29, 0.717) is 6.54 Å². The van der Waals surface area contributed by atoms with Gasteiger partial charge in [0.1, 0.15) is 0 Å². The van der Waals surface area contributed by atoms with Crippen LogP contribution in [0.15, 0.2) is 25.3 Å². The van der Waals surface area contributed by atoms with Crippen LogP contribution in [0.4, 0.5) is 0 Å². The van der Waals surface area contributed by atoms with E-state index in [-0.39, 0.29) is 5.41 Å². The summed E-state index contributed by atoms with van der Waals surface area (Å²) in [5.74, 6) is 0. The zero-order chi connectivity index (χ0) is 8.04. The molecule has 0 heterocycles. The lowest BCUT2D eigenvalue weighted by Gasteiger charge is -2.24. The normalized spacial score (nSPS) is 11.0. The molecule has 0 aromatic rings. The molecular weight excluding hydrogens is 122 g/mol. The Labute approximate surface area is 63.6 Å². The molecule has 0 saturated heterocycles. The van der Waals surface area contributed by atoms with Crippen LogP contribution in [0.5, 0.6) is 0 Å². The molecule has 0 amide bonds. The Morgan fingerprint density at radius 1 is 1.30 bits per heavy atom. The lowest BCUT2D eigenvalue weighted by molar-refractivity contribution is 0.346. The maximum atomic E-state index is 5.58. The number of allylic oxidation sites excluding steroid dienone is 2. The van der Waals surface area contributed by atoms with Gasteiger partial charge in [-0.2, -0.15) is 0 Å². The molecule has 58 valence electrons. The molecule has 0 aromatic heterocycles. The fraction of sp³-hybridized carbons (Fsp3) is 0.556. The second-order valence-electron chi connectivity index (χ2n) is 3.00. The second kappa shape index (κ2) is 4.29. The molecule has 0 saturated carbocycles. The molecule has 0 aromatic carbocycles. The molecule has 0 bridgehead atoms. The molecule has 0 radical (unpaired) electrons. The number of rotatable bonds is 5. The Hall–Kier alpha value is -0.560. The number of hydrogen-bond acceptors (Lipinski definition) is 1. The SMILES string of the molecule is C=CCC(C)(CN)CC=C. The van der Waals surface area contributed by atoms with Crippen molar-refractivity contribution in [3.05, 3.63) is 25.3 Å². The second-order valence-corrected chi connectivity index (χ2v) is 3.00. The van der Waals surface area contributed by atoms with Crippen LogP contribution >= 0.6 is 0 Å². The molecule has 1 heteroatoms. The predicted octanol–water partition coefficient (Wildman–Crippen LogP) is 2.10. The van der Waals surface area contributed by atoms with E-state index in [1.54, 1.807) is 0 Å². The van der Waals surface area contributed by atoms with E-state index in [1.165, 1.54) is 0 Å². The largest absolute Gasteiger partial charge is 0.330 e. The van der Waals surface area contributed by atoms with Crippen molar-refractivity contribution >= 4 is 0 Å². The highest BCUT2D eigenvalue weighted by atomic mass is 14.6. The van der Waals surface area contributed by atoms with Crippen molar-refractivity contribution in [2.24, 2.45) is 11.1 Å². The van der Waals surface area contributed by atoms with Crippen LogP contribution in [0.25, 0.3) is 0 Å². The molecule has 0 fully saturated rings. The van der Waals surface area contributed by atoms with Crippen molar-refractivity contribution in [3.8, 4) is 0 Å². The van der Waals surface area contributed by atoms with Crippen molar-refractivity contribution in [1.82, 2.24) is 0 Å². The summed E-state index contributed by atoms with van der Waals surface area (Å²) in [6.07, 6.45) is 5.76. The van der Waals surface area contributed by atoms with Crippen LogP contribution in [-0.4, -0.2) is 6.54 Å². The standard InChI is InChI=1S/C9H17N/c1-4-6-9(3,8-10)7-5-2/h4-5H,1-2,6-8,10H2,3H3. The molecule has 0 spiro atoms. The van der Waals surface area contributed by atoms with Crippen LogP contribution in [0.1, 0.15) is 19.8 Å². The number of nitrogens with two attached hydrogens (primary N) is 1. The zero-order valence-electron chi connectivity index (χ0n) is 6.77. The van der Waals surface area contributed by atoms with Crippen LogP contribution in [0.2, 0.25) is 0 Å². The third-order valence-corrected chi connectivity index (χ3v) is 1.77. The van der Waals surface area contributed by atoms with Gasteiger partial charge in [0.2, 0.25) is 0 Å². The summed E-state index contributed by atoms with van der Waals surface area (Å²) in [6.45, 7) is 10.2. The van der Waals surface area contributed by atoms with E-state index in [2.05, 4.69) is 20.1 Å². The molecule has 0 rings (SSSR count). The van der Waals surface area contributed by atoms with Crippen LogP contribution in [0.3, 0.4) is 0 Å². The van der Waals surface area contributed by atoms with Gasteiger partial charge in [-0.05, 0) is 24.8 Å². The van der Waals surface area contributed by atoms with Gasteiger partial charge < -0.3 is 5.73 Å². The van der Waals surface area contributed by atoms with Gasteiger partial charge in [0.15, 0.2) is 0 Å². The molecule has 0 aliphatic heterocycles. The quantitative estimate of drug-likeness (QED) is 0.580. The molecule has 0 unspecified atom stereocenters. The third kappa shape index (κ3) is 2.83. The van der Waals surface area contributed by atoms with Gasteiger partial charge in [-0.25, -0.2) is 0 Å². The van der Waals surface area contributed by atoms with Crippen LogP contribution in [0, 0.1) is 5.41 Å². The molecule has 0 aliphatic carbocycles. The summed E-state index contributed by atoms with van der Waals surface area (Å²) >= 11 is 0. The van der Waals surface area contributed by atoms with Crippen molar-refractivity contribution in [3.63, 3.8) is 0 Å². The first kappa shape index (κ1) is 9.44. The minimum absolute atomic E-state index is 0.184. The van der Waals surface area contributed by atoms with Crippen molar-refractivity contribution in [1.29, 1.82) is 0 Å². The smallest absolute Gasteiger partial charge is 0.00172 e. The Balaban J connectivity index is 3.92. The first-order chi connectivity index (χ1) is 4.68. The van der Waals surface area contributed by atoms with E-state index in [0.717, 1.165) is 12.8 Å². The maximum absolute atomic E-state index is 5.58. The monoisotopic (exact) mass is 139 g/mol. The summed E-state index contributed by atoms with van der Waals surface area (Å²) in [6, 6.07) is 0. The Morgan fingerprint density at radius 3 is 1.90 bits per heavy atom. The Kier molecular flexibility index (Phi) is 4.05. The molecule has 2 N–H and O–H groups in total. The van der Waals surface area contributed by atoms with E-state index in [9.17, 15) is 0 Å². The topological polar surface area (TPSA) is 26.0 Å². The van der Waals surface area contributed by atoms with Gasteiger partial charge in [-0.3, -0.25) is 0 Å². The fourth-order valence-corrected chi connectivity index (χ4v) is 0.947. The average molecular weight is 139 g/mol. The Bertz CT molecular complexity index is 106. The molecular formula is C9H17N. The lowest BCUT2D eigenvalue weighted by Crippen LogP contribution is -2.25. The van der Waals surface area contributed by atoms with Crippen LogP contribution < -0.4 is 5.73 Å². The molecule has 0 atom stereocenters. The van der Waals surface area contributed by atoms with Gasteiger partial charge in [-0.15, -0.1) is 13.2 Å². The highest BCUT2D eigenvalue weighted by molar-refractivity contribution is 4.89. The van der Waals surface area contributed by atoms with Gasteiger partial charge in [-0.1, -0.05) is 19.1 Å². The molecule has 1 nitrogen and oxygen atoms in total. The molecule has 10 heavy (non-hydrogen) atoms. The summed E-state index contributed by atoms with van der Waals surface area (Å²) in [5.41, 5.74) is 5.77. The minimum Gasteiger partial charge on any atom is -0.330 e. The zero-order valence-corrected chi connectivity index (χ0v) is 6.77. The van der Waals surface area contributed by atoms with Crippen molar-refractivity contribution in [2.75, 3.05) is 6.54 Å². The van der Waals surface area contributed by atoms with Gasteiger partial charge in [0.25, 0.3) is 0 Å². The first-order valence-corrected chi connectivity index (χ1v) is 3.60. The van der Waals surface area contributed by atoms with E-state index in [4.69, 9.17) is 5.73 Å². The Morgan fingerprint density at radius 2 is 1.70 bits per heavy atom. The molecule has 0 aliphatic rings. The van der Waals surface area contributed by atoms with Gasteiger partial charge >= 0.3 is 0 Å².